The second-order valence-electron chi connectivity index (χ2n) is 6.08. The average Bonchev–Trinajstić information content (AvgIpc) is 3.12. The van der Waals surface area contributed by atoms with Crippen LogP contribution in [0.4, 0.5) is 11.6 Å². The molecule has 0 amide bonds. The zero-order valence-corrected chi connectivity index (χ0v) is 14.6. The number of H-pyrrole nitrogens is 1. The van der Waals surface area contributed by atoms with Gasteiger partial charge in [0.15, 0.2) is 0 Å². The second kappa shape index (κ2) is 6.87. The summed E-state index contributed by atoms with van der Waals surface area (Å²) in [7, 11) is 0. The van der Waals surface area contributed by atoms with Crippen LogP contribution in [0.15, 0.2) is 54.9 Å². The lowest BCUT2D eigenvalue weighted by Crippen LogP contribution is -1.98. The molecule has 0 aliphatic heterocycles. The van der Waals surface area contributed by atoms with E-state index in [4.69, 9.17) is 5.11 Å². The predicted molar refractivity (Wildman–Crippen MR) is 103 cm³/mol. The first-order chi connectivity index (χ1) is 13.1. The lowest BCUT2D eigenvalue weighted by Gasteiger charge is -2.07. The minimum absolute atomic E-state index is 0.155. The number of anilines is 2. The molecule has 27 heavy (non-hydrogen) atoms. The van der Waals surface area contributed by atoms with Crippen molar-refractivity contribution in [2.45, 2.75) is 13.3 Å². The van der Waals surface area contributed by atoms with Gasteiger partial charge in [-0.15, -0.1) is 0 Å². The molecule has 4 rings (SSSR count). The zero-order chi connectivity index (χ0) is 18.8. The molecule has 3 N–H and O–H groups in total. The normalized spacial score (nSPS) is 10.9. The van der Waals surface area contributed by atoms with Gasteiger partial charge in [-0.1, -0.05) is 6.92 Å². The first kappa shape index (κ1) is 16.7. The molecular formula is C20H17N5O2. The maximum absolute atomic E-state index is 11.1. The van der Waals surface area contributed by atoms with Crippen molar-refractivity contribution >= 4 is 28.5 Å². The summed E-state index contributed by atoms with van der Waals surface area (Å²) in [6.45, 7) is 2.10. The van der Waals surface area contributed by atoms with Crippen LogP contribution in [0.5, 0.6) is 0 Å². The van der Waals surface area contributed by atoms with Crippen molar-refractivity contribution in [3.8, 4) is 11.4 Å². The van der Waals surface area contributed by atoms with Gasteiger partial charge < -0.3 is 15.4 Å². The molecule has 0 bridgehead atoms. The minimum atomic E-state index is -0.987. The van der Waals surface area contributed by atoms with Crippen molar-refractivity contribution in [1.29, 1.82) is 0 Å². The number of hydrogen-bond acceptors (Lipinski definition) is 5. The summed E-state index contributed by atoms with van der Waals surface area (Å²) in [4.78, 5) is 27.1. The number of carboxylic acid groups (broad SMARTS) is 1. The standard InChI is InChI=1S/C20H17N5O2/c1-2-12-5-7-21-17(9-12)16-6-8-22-20(25-16)23-14-3-4-15-13(10-14)11-18(24-15)19(26)27/h3-11,24H,2H2,1H3,(H,26,27)(H,22,23,25). The number of carboxylic acids is 1. The van der Waals surface area contributed by atoms with Crippen LogP contribution >= 0.6 is 0 Å². The third-order valence-electron chi connectivity index (χ3n) is 4.26. The Kier molecular flexibility index (Phi) is 4.25. The molecule has 0 unspecified atom stereocenters. The van der Waals surface area contributed by atoms with Crippen LogP contribution in [0.1, 0.15) is 23.0 Å². The number of benzene rings is 1. The Bertz CT molecular complexity index is 1140. The van der Waals surface area contributed by atoms with Gasteiger partial charge in [0.25, 0.3) is 0 Å². The summed E-state index contributed by atoms with van der Waals surface area (Å²) < 4.78 is 0. The molecule has 0 spiro atoms. The third-order valence-corrected chi connectivity index (χ3v) is 4.26. The fourth-order valence-corrected chi connectivity index (χ4v) is 2.85. The van der Waals surface area contributed by atoms with E-state index in [1.165, 1.54) is 5.56 Å². The lowest BCUT2D eigenvalue weighted by molar-refractivity contribution is 0.0691. The van der Waals surface area contributed by atoms with Crippen LogP contribution in [0.3, 0.4) is 0 Å². The van der Waals surface area contributed by atoms with Gasteiger partial charge >= 0.3 is 5.97 Å². The molecule has 7 nitrogen and oxygen atoms in total. The van der Waals surface area contributed by atoms with E-state index in [0.717, 1.165) is 34.4 Å². The van der Waals surface area contributed by atoms with Crippen molar-refractivity contribution in [2.24, 2.45) is 0 Å². The molecule has 7 heteroatoms. The number of aryl methyl sites for hydroxylation is 1. The number of rotatable bonds is 5. The van der Waals surface area contributed by atoms with Crippen molar-refractivity contribution in [2.75, 3.05) is 5.32 Å². The quantitative estimate of drug-likeness (QED) is 0.497. The number of aromatic carboxylic acids is 1. The van der Waals surface area contributed by atoms with Gasteiger partial charge in [0.2, 0.25) is 5.95 Å². The van der Waals surface area contributed by atoms with E-state index in [9.17, 15) is 4.79 Å². The molecule has 4 aromatic rings. The van der Waals surface area contributed by atoms with Crippen molar-refractivity contribution in [3.05, 3.63) is 66.1 Å². The molecule has 0 saturated heterocycles. The Balaban J connectivity index is 1.62. The molecular weight excluding hydrogens is 342 g/mol. The number of nitrogens with zero attached hydrogens (tertiary/aromatic N) is 3. The first-order valence-electron chi connectivity index (χ1n) is 8.54. The summed E-state index contributed by atoms with van der Waals surface area (Å²) in [5.41, 5.74) is 4.41. The molecule has 0 atom stereocenters. The SMILES string of the molecule is CCc1ccnc(-c2ccnc(Nc3ccc4[nH]c(C(=O)O)cc4c3)n2)c1. The largest absolute Gasteiger partial charge is 0.477 e. The Morgan fingerprint density at radius 2 is 1.93 bits per heavy atom. The van der Waals surface area contributed by atoms with Crippen LogP contribution in [0, 0.1) is 0 Å². The van der Waals surface area contributed by atoms with E-state index in [-0.39, 0.29) is 5.69 Å². The summed E-state index contributed by atoms with van der Waals surface area (Å²) in [5.74, 6) is -0.539. The van der Waals surface area contributed by atoms with E-state index in [1.54, 1.807) is 18.5 Å². The number of aromatic amines is 1. The highest BCUT2D eigenvalue weighted by molar-refractivity contribution is 5.94. The second-order valence-corrected chi connectivity index (χ2v) is 6.08. The van der Waals surface area contributed by atoms with Gasteiger partial charge in [0.05, 0.1) is 11.4 Å². The number of nitrogens with one attached hydrogen (secondary N) is 2. The fourth-order valence-electron chi connectivity index (χ4n) is 2.85. The van der Waals surface area contributed by atoms with E-state index in [2.05, 4.69) is 32.2 Å². The number of carbonyl (C=O) groups is 1. The van der Waals surface area contributed by atoms with E-state index < -0.39 is 5.97 Å². The average molecular weight is 359 g/mol. The van der Waals surface area contributed by atoms with Crippen LogP contribution in [0.2, 0.25) is 0 Å². The molecule has 3 aromatic heterocycles. The van der Waals surface area contributed by atoms with E-state index >= 15 is 0 Å². The summed E-state index contributed by atoms with van der Waals surface area (Å²) >= 11 is 0. The van der Waals surface area contributed by atoms with Crippen molar-refractivity contribution in [1.82, 2.24) is 19.9 Å². The maximum Gasteiger partial charge on any atom is 0.352 e. The summed E-state index contributed by atoms with van der Waals surface area (Å²) in [5, 5.41) is 13.1. The Labute approximate surface area is 155 Å². The van der Waals surface area contributed by atoms with Crippen molar-refractivity contribution < 1.29 is 9.90 Å². The summed E-state index contributed by atoms with van der Waals surface area (Å²) in [6, 6.07) is 12.9. The zero-order valence-electron chi connectivity index (χ0n) is 14.6. The lowest BCUT2D eigenvalue weighted by atomic mass is 10.1. The number of pyridine rings is 1. The van der Waals surface area contributed by atoms with Gasteiger partial charge in [0, 0.05) is 29.0 Å². The minimum Gasteiger partial charge on any atom is -0.477 e. The van der Waals surface area contributed by atoms with Crippen molar-refractivity contribution in [3.63, 3.8) is 0 Å². The third kappa shape index (κ3) is 3.48. The maximum atomic E-state index is 11.1. The fraction of sp³-hybridized carbons (Fsp3) is 0.100. The van der Waals surface area contributed by atoms with Gasteiger partial charge in [-0.25, -0.2) is 14.8 Å². The molecule has 0 aliphatic rings. The topological polar surface area (TPSA) is 104 Å². The van der Waals surface area contributed by atoms with E-state index in [0.29, 0.717) is 5.95 Å². The highest BCUT2D eigenvalue weighted by Gasteiger charge is 2.09. The predicted octanol–water partition coefficient (Wildman–Crippen LogP) is 4.02. The van der Waals surface area contributed by atoms with E-state index in [1.807, 2.05) is 36.4 Å². The van der Waals surface area contributed by atoms with Gasteiger partial charge in [-0.3, -0.25) is 4.98 Å². The molecule has 0 saturated carbocycles. The molecule has 0 aliphatic carbocycles. The number of aromatic nitrogens is 4. The molecule has 134 valence electrons. The molecule has 0 fully saturated rings. The Hall–Kier alpha value is -3.74. The van der Waals surface area contributed by atoms with Crippen LogP contribution in [0.25, 0.3) is 22.3 Å². The number of fused-ring (bicyclic) bond motifs is 1. The van der Waals surface area contributed by atoms with Crippen LogP contribution < -0.4 is 5.32 Å². The summed E-state index contributed by atoms with van der Waals surface area (Å²) in [6.07, 6.45) is 4.40. The van der Waals surface area contributed by atoms with Gasteiger partial charge in [-0.05, 0) is 54.4 Å². The monoisotopic (exact) mass is 359 g/mol. The highest BCUT2D eigenvalue weighted by Crippen LogP contribution is 2.23. The van der Waals surface area contributed by atoms with Crippen LogP contribution in [-0.2, 0) is 6.42 Å². The molecule has 0 radical (unpaired) electrons. The Morgan fingerprint density at radius 1 is 1.07 bits per heavy atom. The van der Waals surface area contributed by atoms with Gasteiger partial charge in [0.1, 0.15) is 5.69 Å². The molecule has 1 aromatic carbocycles. The Morgan fingerprint density at radius 3 is 2.74 bits per heavy atom. The van der Waals surface area contributed by atoms with Crippen LogP contribution in [-0.4, -0.2) is 31.0 Å². The smallest absolute Gasteiger partial charge is 0.352 e. The first-order valence-corrected chi connectivity index (χ1v) is 8.54. The number of hydrogen-bond donors (Lipinski definition) is 3. The van der Waals surface area contributed by atoms with Gasteiger partial charge in [-0.2, -0.15) is 0 Å². The molecule has 3 heterocycles. The highest BCUT2D eigenvalue weighted by atomic mass is 16.4.